The largest absolute Gasteiger partial charge is 0.458 e. The molecule has 0 heterocycles. The van der Waals surface area contributed by atoms with Crippen LogP contribution in [0.4, 0.5) is 5.69 Å². The summed E-state index contributed by atoms with van der Waals surface area (Å²) in [6.07, 6.45) is -3.21. The zero-order valence-electron chi connectivity index (χ0n) is 13.6. The van der Waals surface area contributed by atoms with Crippen molar-refractivity contribution in [3.8, 4) is 0 Å². The Bertz CT molecular complexity index is 703. The van der Waals surface area contributed by atoms with E-state index in [1.165, 1.54) is 6.92 Å². The van der Waals surface area contributed by atoms with Gasteiger partial charge in [-0.15, -0.1) is 0 Å². The average Bonchev–Trinajstić information content (AvgIpc) is 2.42. The highest BCUT2D eigenvalue weighted by Crippen LogP contribution is 2.21. The number of benzene rings is 1. The maximum absolute atomic E-state index is 12.2. The van der Waals surface area contributed by atoms with E-state index in [0.29, 0.717) is 0 Å². The van der Waals surface area contributed by atoms with Crippen LogP contribution < -0.4 is 0 Å². The van der Waals surface area contributed by atoms with E-state index in [1.807, 2.05) is 0 Å². The van der Waals surface area contributed by atoms with Gasteiger partial charge < -0.3 is 9.84 Å². The topological polar surface area (TPSA) is 133 Å². The average molecular weight is 361 g/mol. The standard InChI is InChI=1S/C14H19NO8S/c1-9(16)12(13(17)22-14(2,3)4)23-24(20,21)11-7-5-10(6-8-11)15(18)19/h5-9,12,16H,1-4H3/t9-,12+/m1/s1. The Kier molecular flexibility index (Phi) is 6.04. The summed E-state index contributed by atoms with van der Waals surface area (Å²) in [7, 11) is -4.43. The highest BCUT2D eigenvalue weighted by atomic mass is 32.2. The maximum atomic E-state index is 12.2. The minimum absolute atomic E-state index is 0.298. The summed E-state index contributed by atoms with van der Waals surface area (Å²) in [5.74, 6) is -1.04. The van der Waals surface area contributed by atoms with Crippen molar-refractivity contribution in [2.75, 3.05) is 0 Å². The lowest BCUT2D eigenvalue weighted by molar-refractivity contribution is -0.384. The molecule has 10 heteroatoms. The second-order valence-corrected chi connectivity index (χ2v) is 7.57. The number of nitrogens with zero attached hydrogens (tertiary/aromatic N) is 1. The highest BCUT2D eigenvalue weighted by Gasteiger charge is 2.35. The predicted molar refractivity (Wildman–Crippen MR) is 82.7 cm³/mol. The normalized spacial score (nSPS) is 14.7. The molecule has 0 radical (unpaired) electrons. The van der Waals surface area contributed by atoms with Gasteiger partial charge in [0.1, 0.15) is 5.60 Å². The molecule has 0 spiro atoms. The van der Waals surface area contributed by atoms with Crippen LogP contribution in [0.1, 0.15) is 27.7 Å². The highest BCUT2D eigenvalue weighted by molar-refractivity contribution is 7.86. The molecule has 24 heavy (non-hydrogen) atoms. The zero-order valence-corrected chi connectivity index (χ0v) is 14.4. The number of carbonyl (C=O) groups excluding carboxylic acids is 1. The smallest absolute Gasteiger partial charge is 0.340 e. The van der Waals surface area contributed by atoms with Crippen molar-refractivity contribution >= 4 is 21.8 Å². The van der Waals surface area contributed by atoms with Crippen molar-refractivity contribution in [3.05, 3.63) is 34.4 Å². The number of ether oxygens (including phenoxy) is 1. The lowest BCUT2D eigenvalue weighted by atomic mass is 10.2. The van der Waals surface area contributed by atoms with Gasteiger partial charge in [-0.1, -0.05) is 0 Å². The fourth-order valence-corrected chi connectivity index (χ4v) is 2.70. The van der Waals surface area contributed by atoms with E-state index in [4.69, 9.17) is 8.92 Å². The van der Waals surface area contributed by atoms with E-state index in [1.54, 1.807) is 20.8 Å². The number of hydrogen-bond donors (Lipinski definition) is 1. The third-order valence-electron chi connectivity index (χ3n) is 2.64. The van der Waals surface area contributed by atoms with Gasteiger partial charge in [-0.3, -0.25) is 10.1 Å². The number of carbonyl (C=O) groups is 1. The minimum Gasteiger partial charge on any atom is -0.458 e. The minimum atomic E-state index is -4.43. The van der Waals surface area contributed by atoms with Gasteiger partial charge in [0.15, 0.2) is 6.10 Å². The zero-order chi connectivity index (χ0) is 18.7. The molecular weight excluding hydrogens is 342 g/mol. The van der Waals surface area contributed by atoms with E-state index in [-0.39, 0.29) is 10.6 Å². The molecule has 1 N–H and O–H groups in total. The van der Waals surface area contributed by atoms with E-state index in [2.05, 4.69) is 0 Å². The molecule has 0 aromatic heterocycles. The molecule has 1 rings (SSSR count). The van der Waals surface area contributed by atoms with Crippen LogP contribution in [-0.2, 0) is 23.8 Å². The second-order valence-electron chi connectivity index (χ2n) is 6.00. The molecule has 0 bridgehead atoms. The molecule has 0 aliphatic carbocycles. The third-order valence-corrected chi connectivity index (χ3v) is 3.95. The van der Waals surface area contributed by atoms with E-state index in [9.17, 15) is 28.4 Å². The second kappa shape index (κ2) is 7.24. The number of nitro groups is 1. The Morgan fingerprint density at radius 3 is 2.12 bits per heavy atom. The Labute approximate surface area is 139 Å². The fraction of sp³-hybridized carbons (Fsp3) is 0.500. The van der Waals surface area contributed by atoms with Crippen LogP contribution in [0.15, 0.2) is 29.2 Å². The number of esters is 1. The van der Waals surface area contributed by atoms with Gasteiger partial charge in [0.2, 0.25) is 0 Å². The van der Waals surface area contributed by atoms with Gasteiger partial charge in [-0.25, -0.2) is 8.98 Å². The number of aliphatic hydroxyl groups is 1. The van der Waals surface area contributed by atoms with E-state index in [0.717, 1.165) is 24.3 Å². The van der Waals surface area contributed by atoms with Crippen LogP contribution in [0.25, 0.3) is 0 Å². The van der Waals surface area contributed by atoms with Gasteiger partial charge in [-0.05, 0) is 39.8 Å². The van der Waals surface area contributed by atoms with Crippen LogP contribution in [0, 0.1) is 10.1 Å². The maximum Gasteiger partial charge on any atom is 0.340 e. The van der Waals surface area contributed by atoms with Gasteiger partial charge in [0.05, 0.1) is 15.9 Å². The molecule has 0 fully saturated rings. The van der Waals surface area contributed by atoms with Gasteiger partial charge in [0, 0.05) is 12.1 Å². The summed E-state index contributed by atoms with van der Waals surface area (Å²) in [6, 6.07) is 3.92. The van der Waals surface area contributed by atoms with E-state index < -0.39 is 38.8 Å². The van der Waals surface area contributed by atoms with Crippen molar-refractivity contribution in [3.63, 3.8) is 0 Å². The van der Waals surface area contributed by atoms with E-state index >= 15 is 0 Å². The predicted octanol–water partition coefficient (Wildman–Crippen LogP) is 1.39. The molecule has 0 saturated heterocycles. The first-order chi connectivity index (χ1) is 10.8. The molecule has 0 amide bonds. The van der Waals surface area contributed by atoms with Crippen LogP contribution in [-0.4, -0.2) is 42.2 Å². The molecule has 0 aliphatic rings. The Morgan fingerprint density at radius 1 is 1.25 bits per heavy atom. The van der Waals surface area contributed by atoms with Crippen LogP contribution >= 0.6 is 0 Å². The number of nitro benzene ring substituents is 1. The molecular formula is C14H19NO8S. The fourth-order valence-electron chi connectivity index (χ4n) is 1.60. The van der Waals surface area contributed by atoms with Crippen LogP contribution in [0.2, 0.25) is 0 Å². The first kappa shape index (κ1) is 20.0. The molecule has 9 nitrogen and oxygen atoms in total. The summed E-state index contributed by atoms with van der Waals surface area (Å²) in [5.41, 5.74) is -1.20. The first-order valence-electron chi connectivity index (χ1n) is 6.92. The molecule has 0 unspecified atom stereocenters. The summed E-state index contributed by atoms with van der Waals surface area (Å²) in [6.45, 7) is 5.92. The van der Waals surface area contributed by atoms with Crippen molar-refractivity contribution < 1.29 is 32.2 Å². The molecule has 2 atom stereocenters. The molecule has 1 aromatic rings. The summed E-state index contributed by atoms with van der Waals surface area (Å²) >= 11 is 0. The Hall–Kier alpha value is -2.04. The Balaban J connectivity index is 3.04. The number of aliphatic hydroxyl groups excluding tert-OH is 1. The van der Waals surface area contributed by atoms with Crippen molar-refractivity contribution in [2.24, 2.45) is 0 Å². The van der Waals surface area contributed by atoms with Gasteiger partial charge >= 0.3 is 5.97 Å². The lowest BCUT2D eigenvalue weighted by Gasteiger charge is -2.25. The molecule has 0 aliphatic heterocycles. The quantitative estimate of drug-likeness (QED) is 0.348. The van der Waals surface area contributed by atoms with Crippen molar-refractivity contribution in [1.82, 2.24) is 0 Å². The van der Waals surface area contributed by atoms with Gasteiger partial charge in [-0.2, -0.15) is 8.42 Å². The number of non-ortho nitro benzene ring substituents is 1. The van der Waals surface area contributed by atoms with Crippen molar-refractivity contribution in [2.45, 2.75) is 50.4 Å². The van der Waals surface area contributed by atoms with Gasteiger partial charge in [0.25, 0.3) is 15.8 Å². The Morgan fingerprint density at radius 2 is 1.75 bits per heavy atom. The summed E-state index contributed by atoms with van der Waals surface area (Å²) < 4.78 is 34.2. The number of rotatable bonds is 6. The summed E-state index contributed by atoms with van der Waals surface area (Å²) in [4.78, 5) is 21.5. The molecule has 0 saturated carbocycles. The SMILES string of the molecule is C[C@@H](O)[C@H](OS(=O)(=O)c1ccc([N+](=O)[O-])cc1)C(=O)OC(C)(C)C. The monoisotopic (exact) mass is 361 g/mol. The first-order valence-corrected chi connectivity index (χ1v) is 8.33. The van der Waals surface area contributed by atoms with Crippen LogP contribution in [0.3, 0.4) is 0 Å². The lowest BCUT2D eigenvalue weighted by Crippen LogP contribution is -2.41. The molecule has 134 valence electrons. The number of hydrogen-bond acceptors (Lipinski definition) is 8. The molecule has 1 aromatic carbocycles. The van der Waals surface area contributed by atoms with Crippen molar-refractivity contribution in [1.29, 1.82) is 0 Å². The summed E-state index contributed by atoms with van der Waals surface area (Å²) in [5, 5.41) is 20.2. The van der Waals surface area contributed by atoms with Crippen LogP contribution in [0.5, 0.6) is 0 Å². The third kappa shape index (κ3) is 5.55.